The largest absolute Gasteiger partial charge is 0.507 e. The van der Waals surface area contributed by atoms with E-state index >= 15 is 0 Å². The van der Waals surface area contributed by atoms with Gasteiger partial charge < -0.3 is 10.0 Å². The van der Waals surface area contributed by atoms with E-state index in [0.29, 0.717) is 6.42 Å². The number of anilines is 1. The summed E-state index contributed by atoms with van der Waals surface area (Å²) >= 11 is 0. The molecule has 0 aromatic heterocycles. The average Bonchev–Trinajstić information content (AvgIpc) is 2.26. The highest BCUT2D eigenvalue weighted by Gasteiger charge is 2.30. The maximum Gasteiger partial charge on any atom is 0.405 e. The zero-order valence-corrected chi connectivity index (χ0v) is 10.8. The molecule has 0 fully saturated rings. The first kappa shape index (κ1) is 15.3. The number of alkyl halides is 3. The summed E-state index contributed by atoms with van der Waals surface area (Å²) in [6.45, 7) is 2.19. The van der Waals surface area contributed by atoms with Crippen LogP contribution in [0.4, 0.5) is 18.9 Å². The minimum absolute atomic E-state index is 0.104. The van der Waals surface area contributed by atoms with Crippen molar-refractivity contribution in [1.29, 1.82) is 0 Å². The van der Waals surface area contributed by atoms with Crippen molar-refractivity contribution < 1.29 is 23.1 Å². The average molecular weight is 275 g/mol. The number of halogens is 3. The molecule has 1 rings (SSSR count). The number of hydrogen-bond donors (Lipinski definition) is 1. The lowest BCUT2D eigenvalue weighted by Gasteiger charge is -2.25. The number of carbonyl (C=O) groups is 1. The van der Waals surface area contributed by atoms with Gasteiger partial charge in [0.1, 0.15) is 12.3 Å². The molecule has 0 heterocycles. The Morgan fingerprint density at radius 1 is 1.37 bits per heavy atom. The molecule has 106 valence electrons. The van der Waals surface area contributed by atoms with Crippen molar-refractivity contribution in [2.75, 3.05) is 18.0 Å². The maximum absolute atomic E-state index is 12.5. The summed E-state index contributed by atoms with van der Waals surface area (Å²) in [7, 11) is 0. The van der Waals surface area contributed by atoms with Crippen molar-refractivity contribution in [3.63, 3.8) is 0 Å². The molecule has 0 unspecified atom stereocenters. The van der Waals surface area contributed by atoms with Gasteiger partial charge in [-0.2, -0.15) is 13.2 Å². The van der Waals surface area contributed by atoms with E-state index < -0.39 is 12.7 Å². The lowest BCUT2D eigenvalue weighted by atomic mass is 10.1. The van der Waals surface area contributed by atoms with Crippen LogP contribution in [0.3, 0.4) is 0 Å². The van der Waals surface area contributed by atoms with Crippen LogP contribution in [-0.2, 0) is 0 Å². The molecule has 0 saturated heterocycles. The third-order valence-electron chi connectivity index (χ3n) is 2.59. The van der Waals surface area contributed by atoms with Gasteiger partial charge in [0, 0.05) is 18.3 Å². The summed E-state index contributed by atoms with van der Waals surface area (Å²) in [5.41, 5.74) is 0.355. The topological polar surface area (TPSA) is 40.5 Å². The first-order valence-electron chi connectivity index (χ1n) is 5.90. The van der Waals surface area contributed by atoms with Gasteiger partial charge >= 0.3 is 6.18 Å². The van der Waals surface area contributed by atoms with Crippen molar-refractivity contribution in [2.45, 2.75) is 26.4 Å². The number of nitrogens with zero attached hydrogens (tertiary/aromatic N) is 1. The molecule has 0 atom stereocenters. The zero-order valence-electron chi connectivity index (χ0n) is 10.8. The summed E-state index contributed by atoms with van der Waals surface area (Å²) in [5.74, 6) is -0.629. The number of carbonyl (C=O) groups excluding carboxylic acids is 1. The van der Waals surface area contributed by atoms with E-state index in [0.717, 1.165) is 4.90 Å². The standard InChI is InChI=1S/C13H16F3NO2/c1-3-6-17(8-13(14,15)16)10-4-5-11(9(2)18)12(19)7-10/h4-5,7,19H,3,6,8H2,1-2H3. The van der Waals surface area contributed by atoms with Gasteiger partial charge in [-0.3, -0.25) is 4.79 Å². The summed E-state index contributed by atoms with van der Waals surface area (Å²) in [4.78, 5) is 12.3. The minimum Gasteiger partial charge on any atom is -0.507 e. The molecule has 1 aromatic carbocycles. The Labute approximate surface area is 109 Å². The fourth-order valence-corrected chi connectivity index (χ4v) is 1.80. The van der Waals surface area contributed by atoms with Gasteiger partial charge in [0.2, 0.25) is 0 Å². The molecule has 0 bridgehead atoms. The highest BCUT2D eigenvalue weighted by molar-refractivity contribution is 5.97. The third-order valence-corrected chi connectivity index (χ3v) is 2.59. The van der Waals surface area contributed by atoms with E-state index in [1.165, 1.54) is 25.1 Å². The van der Waals surface area contributed by atoms with E-state index in [4.69, 9.17) is 0 Å². The van der Waals surface area contributed by atoms with Crippen molar-refractivity contribution >= 4 is 11.5 Å². The fraction of sp³-hybridized carbons (Fsp3) is 0.462. The molecule has 6 heteroatoms. The summed E-state index contributed by atoms with van der Waals surface area (Å²) in [5, 5.41) is 9.65. The molecule has 1 aromatic rings. The molecule has 1 N–H and O–H groups in total. The molecule has 0 radical (unpaired) electrons. The van der Waals surface area contributed by atoms with Crippen molar-refractivity contribution in [3.05, 3.63) is 23.8 Å². The normalized spacial score (nSPS) is 11.4. The second kappa shape index (κ2) is 5.95. The van der Waals surface area contributed by atoms with Crippen molar-refractivity contribution in [2.24, 2.45) is 0 Å². The summed E-state index contributed by atoms with van der Waals surface area (Å²) in [6, 6.07) is 3.95. The molecule has 0 aliphatic carbocycles. The van der Waals surface area contributed by atoms with E-state index in [-0.39, 0.29) is 29.3 Å². The van der Waals surface area contributed by atoms with Gasteiger partial charge in [0.25, 0.3) is 0 Å². The number of benzene rings is 1. The molecule has 0 saturated carbocycles. The molecule has 19 heavy (non-hydrogen) atoms. The second-order valence-corrected chi connectivity index (χ2v) is 4.29. The second-order valence-electron chi connectivity index (χ2n) is 4.29. The van der Waals surface area contributed by atoms with Crippen LogP contribution in [0.15, 0.2) is 18.2 Å². The van der Waals surface area contributed by atoms with Crippen molar-refractivity contribution in [3.8, 4) is 5.75 Å². The van der Waals surface area contributed by atoms with E-state index in [1.54, 1.807) is 6.92 Å². The Morgan fingerprint density at radius 3 is 2.42 bits per heavy atom. The summed E-state index contributed by atoms with van der Waals surface area (Å²) in [6.07, 6.45) is -3.77. The molecule has 0 aliphatic heterocycles. The van der Waals surface area contributed by atoms with Crippen LogP contribution in [0, 0.1) is 0 Å². The predicted molar refractivity (Wildman–Crippen MR) is 66.7 cm³/mol. The van der Waals surface area contributed by atoms with Gasteiger partial charge in [-0.15, -0.1) is 0 Å². The summed E-state index contributed by atoms with van der Waals surface area (Å²) < 4.78 is 37.4. The zero-order chi connectivity index (χ0) is 14.6. The van der Waals surface area contributed by atoms with Crippen molar-refractivity contribution in [1.82, 2.24) is 0 Å². The van der Waals surface area contributed by atoms with Gasteiger partial charge in [0.15, 0.2) is 5.78 Å². The highest BCUT2D eigenvalue weighted by Crippen LogP contribution is 2.27. The first-order valence-corrected chi connectivity index (χ1v) is 5.90. The van der Waals surface area contributed by atoms with E-state index in [2.05, 4.69) is 0 Å². The minimum atomic E-state index is -4.32. The van der Waals surface area contributed by atoms with Crippen LogP contribution in [0.5, 0.6) is 5.75 Å². The number of rotatable bonds is 5. The lowest BCUT2D eigenvalue weighted by molar-refractivity contribution is -0.119. The molecule has 0 aliphatic rings. The number of Topliss-reactive ketones (excluding diaryl/α,β-unsaturated/α-hetero) is 1. The Morgan fingerprint density at radius 2 is 2.00 bits per heavy atom. The number of hydrogen-bond acceptors (Lipinski definition) is 3. The molecule has 0 amide bonds. The number of phenols is 1. The van der Waals surface area contributed by atoms with E-state index in [1.807, 2.05) is 0 Å². The van der Waals surface area contributed by atoms with Crippen LogP contribution in [-0.4, -0.2) is 30.2 Å². The molecular formula is C13H16F3NO2. The van der Waals surface area contributed by atoms with Crippen LogP contribution < -0.4 is 4.90 Å². The SMILES string of the molecule is CCCN(CC(F)(F)F)c1ccc(C(C)=O)c(O)c1. The quantitative estimate of drug-likeness (QED) is 0.837. The molecule has 0 spiro atoms. The van der Waals surface area contributed by atoms with Gasteiger partial charge in [-0.25, -0.2) is 0 Å². The number of aromatic hydroxyl groups is 1. The predicted octanol–water partition coefficient (Wildman–Crippen LogP) is 3.37. The molecular weight excluding hydrogens is 259 g/mol. The maximum atomic E-state index is 12.5. The van der Waals surface area contributed by atoms with Crippen LogP contribution in [0.25, 0.3) is 0 Å². The Bertz CT molecular complexity index is 458. The highest BCUT2D eigenvalue weighted by atomic mass is 19.4. The van der Waals surface area contributed by atoms with Gasteiger partial charge in [-0.1, -0.05) is 6.92 Å². The van der Waals surface area contributed by atoms with Gasteiger partial charge in [0.05, 0.1) is 5.56 Å². The lowest BCUT2D eigenvalue weighted by Crippen LogP contribution is -2.34. The number of phenolic OH excluding ortho intramolecular Hbond substituents is 1. The van der Waals surface area contributed by atoms with Gasteiger partial charge in [-0.05, 0) is 25.5 Å². The third kappa shape index (κ3) is 4.46. The smallest absolute Gasteiger partial charge is 0.405 e. The van der Waals surface area contributed by atoms with Crippen LogP contribution >= 0.6 is 0 Å². The fourth-order valence-electron chi connectivity index (χ4n) is 1.80. The van der Waals surface area contributed by atoms with E-state index in [9.17, 15) is 23.1 Å². The van der Waals surface area contributed by atoms with Crippen LogP contribution in [0.1, 0.15) is 30.6 Å². The number of ketones is 1. The monoisotopic (exact) mass is 275 g/mol. The Hall–Kier alpha value is -1.72. The Balaban J connectivity index is 3.03. The first-order chi connectivity index (χ1) is 8.74. The molecule has 3 nitrogen and oxygen atoms in total. The Kier molecular flexibility index (Phi) is 4.80. The van der Waals surface area contributed by atoms with Crippen LogP contribution in [0.2, 0.25) is 0 Å².